The summed E-state index contributed by atoms with van der Waals surface area (Å²) < 4.78 is 0.813. The van der Waals surface area contributed by atoms with Crippen LogP contribution >= 0.6 is 23.5 Å². The van der Waals surface area contributed by atoms with Crippen molar-refractivity contribution in [2.24, 2.45) is 4.99 Å². The van der Waals surface area contributed by atoms with E-state index in [0.29, 0.717) is 0 Å². The van der Waals surface area contributed by atoms with E-state index in [1.54, 1.807) is 7.05 Å². The molecule has 0 fully saturated rings. The molecule has 0 aromatic heterocycles. The smallest absolute Gasteiger partial charge is 0.140 e. The second-order valence-corrected chi connectivity index (χ2v) is 2.71. The predicted molar refractivity (Wildman–Crippen MR) is 40.1 cm³/mol. The molecule has 2 nitrogen and oxygen atoms in total. The first kappa shape index (κ1) is 7.86. The van der Waals surface area contributed by atoms with Crippen LogP contribution in [0.4, 0.5) is 0 Å². The van der Waals surface area contributed by atoms with Crippen LogP contribution in [-0.4, -0.2) is 17.7 Å². The Bertz CT molecular complexity index is 124. The van der Waals surface area contributed by atoms with Gasteiger partial charge in [0.2, 0.25) is 0 Å². The van der Waals surface area contributed by atoms with Crippen LogP contribution in [-0.2, 0) is 0 Å². The normalized spacial score (nSPS) is 10.9. The molecule has 0 aromatic rings. The first-order valence-electron chi connectivity index (χ1n) is 1.92. The van der Waals surface area contributed by atoms with Gasteiger partial charge in [0.15, 0.2) is 0 Å². The molecule has 0 unspecified atom stereocenters. The number of thiocyanates is 1. The Kier molecular flexibility index (Phi) is 4.92. The summed E-state index contributed by atoms with van der Waals surface area (Å²) in [5.41, 5.74) is 0. The fourth-order valence-corrected chi connectivity index (χ4v) is 1.01. The molecule has 0 saturated heterocycles. The molecule has 0 atom stereocenters. The Hall–Kier alpha value is -0.140. The zero-order valence-electron chi connectivity index (χ0n) is 4.71. The molecule has 0 radical (unpaired) electrons. The molecule has 0 spiro atoms. The molecule has 0 rings (SSSR count). The third-order valence-corrected chi connectivity index (χ3v) is 2.22. The summed E-state index contributed by atoms with van der Waals surface area (Å²) in [5.74, 6) is 0. The van der Waals surface area contributed by atoms with E-state index >= 15 is 0 Å². The largest absolute Gasteiger partial charge is 0.274 e. The lowest BCUT2D eigenvalue weighted by Crippen LogP contribution is -1.77. The fraction of sp³-hybridized carbons (Fsp3) is 0.500. The van der Waals surface area contributed by atoms with E-state index in [1.165, 1.54) is 11.8 Å². The third kappa shape index (κ3) is 2.94. The molecular formula is C4H6N2S2. The van der Waals surface area contributed by atoms with Gasteiger partial charge in [0.05, 0.1) is 0 Å². The lowest BCUT2D eigenvalue weighted by Gasteiger charge is -1.88. The first-order valence-corrected chi connectivity index (χ1v) is 3.96. The zero-order chi connectivity index (χ0) is 6.41. The minimum absolute atomic E-state index is 0.813. The number of rotatable bonds is 0. The first-order chi connectivity index (χ1) is 3.85. The van der Waals surface area contributed by atoms with Crippen molar-refractivity contribution in [2.75, 3.05) is 13.3 Å². The minimum Gasteiger partial charge on any atom is -0.274 e. The Morgan fingerprint density at radius 1 is 1.75 bits per heavy atom. The van der Waals surface area contributed by atoms with Crippen LogP contribution in [0.5, 0.6) is 0 Å². The molecule has 0 aliphatic carbocycles. The summed E-state index contributed by atoms with van der Waals surface area (Å²) >= 11 is 2.58. The maximum atomic E-state index is 8.12. The van der Waals surface area contributed by atoms with E-state index in [1.807, 2.05) is 11.7 Å². The Morgan fingerprint density at radius 3 is 2.50 bits per heavy atom. The van der Waals surface area contributed by atoms with Crippen LogP contribution in [0.3, 0.4) is 0 Å². The maximum Gasteiger partial charge on any atom is 0.140 e. The molecule has 8 heavy (non-hydrogen) atoms. The van der Waals surface area contributed by atoms with Crippen molar-refractivity contribution in [1.29, 1.82) is 5.26 Å². The molecular weight excluding hydrogens is 140 g/mol. The average Bonchev–Trinajstić information content (AvgIpc) is 1.83. The predicted octanol–water partition coefficient (Wildman–Crippen LogP) is 1.55. The summed E-state index contributed by atoms with van der Waals surface area (Å²) in [6.45, 7) is 0. The van der Waals surface area contributed by atoms with E-state index in [9.17, 15) is 0 Å². The second kappa shape index (κ2) is 5.01. The van der Waals surface area contributed by atoms with Gasteiger partial charge in [0.1, 0.15) is 9.78 Å². The standard InChI is InChI=1S/C4H6N2S2/c1-6-4(7-2)8-3-5/h1-2H3. The highest BCUT2D eigenvalue weighted by molar-refractivity contribution is 8.40. The maximum absolute atomic E-state index is 8.12. The Labute approximate surface area is 57.4 Å². The number of nitrogens with zero attached hydrogens (tertiary/aromatic N) is 2. The summed E-state index contributed by atoms with van der Waals surface area (Å²) in [4.78, 5) is 3.82. The number of aliphatic imine (C=N–C) groups is 1. The number of thioether (sulfide) groups is 2. The van der Waals surface area contributed by atoms with Crippen LogP contribution in [0.15, 0.2) is 4.99 Å². The van der Waals surface area contributed by atoms with Crippen molar-refractivity contribution < 1.29 is 0 Å². The highest BCUT2D eigenvalue weighted by Gasteiger charge is 1.91. The van der Waals surface area contributed by atoms with Crippen molar-refractivity contribution >= 4 is 27.9 Å². The molecule has 0 heterocycles. The summed E-state index contributed by atoms with van der Waals surface area (Å²) in [6.07, 6.45) is 1.90. The van der Waals surface area contributed by atoms with E-state index in [4.69, 9.17) is 5.26 Å². The van der Waals surface area contributed by atoms with Gasteiger partial charge in [-0.15, -0.1) is 11.8 Å². The van der Waals surface area contributed by atoms with Crippen molar-refractivity contribution in [2.45, 2.75) is 0 Å². The van der Waals surface area contributed by atoms with Gasteiger partial charge in [-0.05, 0) is 6.26 Å². The topological polar surface area (TPSA) is 36.1 Å². The molecule has 0 aliphatic rings. The quantitative estimate of drug-likeness (QED) is 0.295. The SMILES string of the molecule is CN=C(SC)SC#N. The molecule has 0 N–H and O–H groups in total. The average molecular weight is 146 g/mol. The highest BCUT2D eigenvalue weighted by Crippen LogP contribution is 2.11. The lowest BCUT2D eigenvalue weighted by atomic mass is 11.4. The van der Waals surface area contributed by atoms with Gasteiger partial charge in [0, 0.05) is 18.8 Å². The summed E-state index contributed by atoms with van der Waals surface area (Å²) in [6, 6.07) is 0. The van der Waals surface area contributed by atoms with E-state index < -0.39 is 0 Å². The highest BCUT2D eigenvalue weighted by atomic mass is 32.2. The Balaban J connectivity index is 3.59. The minimum atomic E-state index is 0.813. The van der Waals surface area contributed by atoms with Crippen LogP contribution < -0.4 is 0 Å². The second-order valence-electron chi connectivity index (χ2n) is 0.887. The molecule has 44 valence electrons. The van der Waals surface area contributed by atoms with E-state index in [-0.39, 0.29) is 0 Å². The molecule has 0 aliphatic heterocycles. The van der Waals surface area contributed by atoms with E-state index in [0.717, 1.165) is 16.1 Å². The van der Waals surface area contributed by atoms with Crippen molar-refractivity contribution in [3.63, 3.8) is 0 Å². The molecule has 0 saturated carbocycles. The van der Waals surface area contributed by atoms with Gasteiger partial charge in [0.25, 0.3) is 0 Å². The molecule has 0 aromatic carbocycles. The van der Waals surface area contributed by atoms with Crippen molar-refractivity contribution in [3.8, 4) is 5.40 Å². The summed E-state index contributed by atoms with van der Waals surface area (Å²) in [5, 5.41) is 10.1. The van der Waals surface area contributed by atoms with Gasteiger partial charge in [-0.3, -0.25) is 4.99 Å². The van der Waals surface area contributed by atoms with Crippen LogP contribution in [0, 0.1) is 10.7 Å². The van der Waals surface area contributed by atoms with Crippen molar-refractivity contribution in [1.82, 2.24) is 0 Å². The van der Waals surface area contributed by atoms with Crippen LogP contribution in [0.25, 0.3) is 0 Å². The van der Waals surface area contributed by atoms with E-state index in [2.05, 4.69) is 4.99 Å². The fourth-order valence-electron chi connectivity index (χ4n) is 0.218. The molecule has 4 heteroatoms. The monoisotopic (exact) mass is 146 g/mol. The van der Waals surface area contributed by atoms with Crippen molar-refractivity contribution in [3.05, 3.63) is 0 Å². The third-order valence-electron chi connectivity index (χ3n) is 0.490. The van der Waals surface area contributed by atoms with Gasteiger partial charge in [-0.1, -0.05) is 0 Å². The van der Waals surface area contributed by atoms with Gasteiger partial charge in [-0.25, -0.2) is 0 Å². The van der Waals surface area contributed by atoms with Gasteiger partial charge >= 0.3 is 0 Å². The summed E-state index contributed by atoms with van der Waals surface area (Å²) in [7, 11) is 1.68. The van der Waals surface area contributed by atoms with Crippen LogP contribution in [0.1, 0.15) is 0 Å². The Morgan fingerprint density at radius 2 is 2.38 bits per heavy atom. The number of nitriles is 1. The van der Waals surface area contributed by atoms with Gasteiger partial charge < -0.3 is 0 Å². The van der Waals surface area contributed by atoms with Crippen LogP contribution in [0.2, 0.25) is 0 Å². The van der Waals surface area contributed by atoms with Gasteiger partial charge in [-0.2, -0.15) is 5.26 Å². The zero-order valence-corrected chi connectivity index (χ0v) is 6.34. The molecule has 0 bridgehead atoms. The number of hydrogen-bond donors (Lipinski definition) is 0. The lowest BCUT2D eigenvalue weighted by molar-refractivity contribution is 1.48. The number of hydrogen-bond acceptors (Lipinski definition) is 4. The molecule has 0 amide bonds.